The highest BCUT2D eigenvalue weighted by atomic mass is 16.3. The molecule has 0 saturated carbocycles. The van der Waals surface area contributed by atoms with Gasteiger partial charge in [-0.1, -0.05) is 13.3 Å². The van der Waals surface area contributed by atoms with Crippen molar-refractivity contribution in [2.45, 2.75) is 38.3 Å². The van der Waals surface area contributed by atoms with Gasteiger partial charge in [0.1, 0.15) is 0 Å². The smallest absolute Gasteiger partial charge is 0.239 e. The summed E-state index contributed by atoms with van der Waals surface area (Å²) in [4.78, 5) is 13.2. The van der Waals surface area contributed by atoms with Crippen LogP contribution in [0.5, 0.6) is 0 Å². The first kappa shape index (κ1) is 10.5. The molecule has 1 aliphatic heterocycles. The number of likely N-dealkylation sites (tertiary alicyclic amines) is 1. The number of aliphatic hydroxyl groups excluding tert-OH is 1. The molecule has 4 nitrogen and oxygen atoms in total. The fraction of sp³-hybridized carbons (Fsp3) is 0.889. The lowest BCUT2D eigenvalue weighted by atomic mass is 10.1. The van der Waals surface area contributed by atoms with Crippen molar-refractivity contribution in [2.75, 3.05) is 13.1 Å². The lowest BCUT2D eigenvalue weighted by Gasteiger charge is -2.19. The molecule has 0 bridgehead atoms. The van der Waals surface area contributed by atoms with E-state index in [9.17, 15) is 9.90 Å². The third-order valence-corrected chi connectivity index (χ3v) is 2.39. The number of aliphatic hydroxyl groups is 1. The first-order chi connectivity index (χ1) is 6.15. The zero-order valence-electron chi connectivity index (χ0n) is 8.07. The standard InChI is InChI=1S/C9H18N2O2/c1-2-3-8(10)9(13)11-5-4-7(12)6-11/h7-8,12H,2-6,10H2,1H3/t7-,8?/m1/s1. The minimum absolute atomic E-state index is 0.0154. The lowest BCUT2D eigenvalue weighted by Crippen LogP contribution is -2.42. The molecule has 0 aromatic rings. The largest absolute Gasteiger partial charge is 0.391 e. The Bertz CT molecular complexity index is 184. The van der Waals surface area contributed by atoms with Gasteiger partial charge in [0.2, 0.25) is 5.91 Å². The Morgan fingerprint density at radius 2 is 2.46 bits per heavy atom. The van der Waals surface area contributed by atoms with Gasteiger partial charge in [0, 0.05) is 13.1 Å². The monoisotopic (exact) mass is 186 g/mol. The van der Waals surface area contributed by atoms with Crippen molar-refractivity contribution >= 4 is 5.91 Å². The summed E-state index contributed by atoms with van der Waals surface area (Å²) >= 11 is 0. The molecular formula is C9H18N2O2. The zero-order valence-corrected chi connectivity index (χ0v) is 8.07. The van der Waals surface area contributed by atoms with Gasteiger partial charge in [0.05, 0.1) is 12.1 Å². The van der Waals surface area contributed by atoms with E-state index in [0.29, 0.717) is 19.5 Å². The van der Waals surface area contributed by atoms with Gasteiger partial charge in [0.25, 0.3) is 0 Å². The fourth-order valence-corrected chi connectivity index (χ4v) is 1.61. The summed E-state index contributed by atoms with van der Waals surface area (Å²) in [5.41, 5.74) is 5.68. The topological polar surface area (TPSA) is 66.6 Å². The van der Waals surface area contributed by atoms with E-state index >= 15 is 0 Å². The molecule has 1 rings (SSSR count). The van der Waals surface area contributed by atoms with E-state index in [-0.39, 0.29) is 18.1 Å². The average molecular weight is 186 g/mol. The first-order valence-electron chi connectivity index (χ1n) is 4.87. The molecule has 1 aliphatic rings. The Labute approximate surface area is 78.7 Å². The zero-order chi connectivity index (χ0) is 9.84. The summed E-state index contributed by atoms with van der Waals surface area (Å²) in [5.74, 6) is -0.0154. The van der Waals surface area contributed by atoms with Crippen LogP contribution in [0.3, 0.4) is 0 Å². The van der Waals surface area contributed by atoms with Crippen LogP contribution in [0.15, 0.2) is 0 Å². The summed E-state index contributed by atoms with van der Waals surface area (Å²) in [6.45, 7) is 3.11. The molecule has 0 aromatic carbocycles. The van der Waals surface area contributed by atoms with Crippen molar-refractivity contribution in [2.24, 2.45) is 5.73 Å². The minimum atomic E-state index is -0.379. The van der Waals surface area contributed by atoms with E-state index in [0.717, 1.165) is 12.8 Å². The second kappa shape index (κ2) is 4.58. The molecule has 1 amide bonds. The van der Waals surface area contributed by atoms with Crippen LogP contribution in [-0.4, -0.2) is 41.1 Å². The van der Waals surface area contributed by atoms with Crippen molar-refractivity contribution in [3.05, 3.63) is 0 Å². The molecule has 1 saturated heterocycles. The van der Waals surface area contributed by atoms with Crippen molar-refractivity contribution in [1.29, 1.82) is 0 Å². The average Bonchev–Trinajstić information content (AvgIpc) is 2.51. The van der Waals surface area contributed by atoms with Gasteiger partial charge in [-0.25, -0.2) is 0 Å². The van der Waals surface area contributed by atoms with Crippen LogP contribution in [0.25, 0.3) is 0 Å². The summed E-state index contributed by atoms with van der Waals surface area (Å²) in [5, 5.41) is 9.23. The number of amides is 1. The second-order valence-corrected chi connectivity index (χ2v) is 3.62. The summed E-state index contributed by atoms with van der Waals surface area (Å²) < 4.78 is 0. The lowest BCUT2D eigenvalue weighted by molar-refractivity contribution is -0.132. The molecule has 2 atom stereocenters. The second-order valence-electron chi connectivity index (χ2n) is 3.62. The summed E-state index contributed by atoms with van der Waals surface area (Å²) in [7, 11) is 0. The molecule has 3 N–H and O–H groups in total. The third kappa shape index (κ3) is 2.67. The van der Waals surface area contributed by atoms with E-state index in [4.69, 9.17) is 5.73 Å². The predicted molar refractivity (Wildman–Crippen MR) is 50.1 cm³/mol. The van der Waals surface area contributed by atoms with Gasteiger partial charge >= 0.3 is 0 Å². The number of nitrogens with two attached hydrogens (primary N) is 1. The minimum Gasteiger partial charge on any atom is -0.391 e. The number of β-amino-alcohol motifs (C(OH)–C–C–N with tert-alkyl or cyclic N) is 1. The van der Waals surface area contributed by atoms with E-state index in [1.807, 2.05) is 6.92 Å². The van der Waals surface area contributed by atoms with Crippen LogP contribution in [-0.2, 0) is 4.79 Å². The van der Waals surface area contributed by atoms with Crippen molar-refractivity contribution in [3.8, 4) is 0 Å². The van der Waals surface area contributed by atoms with Gasteiger partial charge in [0.15, 0.2) is 0 Å². The normalized spacial score (nSPS) is 24.8. The van der Waals surface area contributed by atoms with Crippen molar-refractivity contribution in [3.63, 3.8) is 0 Å². The van der Waals surface area contributed by atoms with E-state index in [1.54, 1.807) is 4.90 Å². The van der Waals surface area contributed by atoms with Gasteiger partial charge in [-0.05, 0) is 12.8 Å². The highest BCUT2D eigenvalue weighted by molar-refractivity contribution is 5.81. The number of carbonyl (C=O) groups is 1. The fourth-order valence-electron chi connectivity index (χ4n) is 1.61. The highest BCUT2D eigenvalue weighted by Gasteiger charge is 2.27. The number of rotatable bonds is 3. The Kier molecular flexibility index (Phi) is 3.69. The first-order valence-corrected chi connectivity index (χ1v) is 4.87. The molecule has 0 aliphatic carbocycles. The molecule has 0 radical (unpaired) electrons. The van der Waals surface area contributed by atoms with E-state index in [2.05, 4.69) is 0 Å². The molecular weight excluding hydrogens is 168 g/mol. The van der Waals surface area contributed by atoms with Crippen LogP contribution >= 0.6 is 0 Å². The van der Waals surface area contributed by atoms with E-state index in [1.165, 1.54) is 0 Å². The number of hydrogen-bond acceptors (Lipinski definition) is 3. The Balaban J connectivity index is 2.38. The molecule has 0 aromatic heterocycles. The van der Waals surface area contributed by atoms with Crippen LogP contribution in [0.2, 0.25) is 0 Å². The summed E-state index contributed by atoms with van der Waals surface area (Å²) in [6, 6.07) is -0.379. The van der Waals surface area contributed by atoms with Crippen LogP contribution in [0.1, 0.15) is 26.2 Å². The van der Waals surface area contributed by atoms with E-state index < -0.39 is 0 Å². The maximum atomic E-state index is 11.6. The molecule has 1 heterocycles. The molecule has 1 fully saturated rings. The third-order valence-electron chi connectivity index (χ3n) is 2.39. The molecule has 1 unspecified atom stereocenters. The van der Waals surface area contributed by atoms with Gasteiger partial charge in [-0.15, -0.1) is 0 Å². The number of hydrogen-bond donors (Lipinski definition) is 2. The molecule has 13 heavy (non-hydrogen) atoms. The molecule has 76 valence electrons. The molecule has 4 heteroatoms. The van der Waals surface area contributed by atoms with Crippen molar-refractivity contribution in [1.82, 2.24) is 4.90 Å². The van der Waals surface area contributed by atoms with Gasteiger partial charge < -0.3 is 15.7 Å². The highest BCUT2D eigenvalue weighted by Crippen LogP contribution is 2.10. The van der Waals surface area contributed by atoms with Crippen LogP contribution in [0.4, 0.5) is 0 Å². The SMILES string of the molecule is CCCC(N)C(=O)N1CC[C@@H](O)C1. The Morgan fingerprint density at radius 3 is 2.92 bits per heavy atom. The van der Waals surface area contributed by atoms with Crippen molar-refractivity contribution < 1.29 is 9.90 Å². The quantitative estimate of drug-likeness (QED) is 0.636. The Morgan fingerprint density at radius 1 is 1.77 bits per heavy atom. The van der Waals surface area contributed by atoms with Crippen LogP contribution in [0, 0.1) is 0 Å². The summed E-state index contributed by atoms with van der Waals surface area (Å²) in [6.07, 6.45) is 1.98. The van der Waals surface area contributed by atoms with Crippen LogP contribution < -0.4 is 5.73 Å². The number of carbonyl (C=O) groups excluding carboxylic acids is 1. The maximum Gasteiger partial charge on any atom is 0.239 e. The maximum absolute atomic E-state index is 11.6. The Hall–Kier alpha value is -0.610. The number of nitrogens with zero attached hydrogens (tertiary/aromatic N) is 1. The molecule has 0 spiro atoms. The predicted octanol–water partition coefficient (Wildman–Crippen LogP) is -0.293. The van der Waals surface area contributed by atoms with Gasteiger partial charge in [-0.3, -0.25) is 4.79 Å². The van der Waals surface area contributed by atoms with Gasteiger partial charge in [-0.2, -0.15) is 0 Å².